The zero-order valence-electron chi connectivity index (χ0n) is 30.0. The molecule has 4 heterocycles. The molecule has 0 aliphatic heterocycles. The van der Waals surface area contributed by atoms with Crippen LogP contribution in [0.5, 0.6) is 0 Å². The van der Waals surface area contributed by atoms with Crippen molar-refractivity contribution in [2.45, 2.75) is 0 Å². The molecule has 262 valence electrons. The summed E-state index contributed by atoms with van der Waals surface area (Å²) < 4.78 is 9.47. The normalized spacial score (nSPS) is 11.9. The highest BCUT2D eigenvalue weighted by Gasteiger charge is 2.20. The van der Waals surface area contributed by atoms with Crippen molar-refractivity contribution in [3.63, 3.8) is 0 Å². The van der Waals surface area contributed by atoms with Crippen LogP contribution in [0.1, 0.15) is 0 Å². The lowest BCUT2D eigenvalue weighted by Crippen LogP contribution is -2.00. The first-order valence-corrected chi connectivity index (χ1v) is 19.7. The molecule has 0 saturated heterocycles. The van der Waals surface area contributed by atoms with E-state index >= 15 is 0 Å². The van der Waals surface area contributed by atoms with Crippen molar-refractivity contribution in [1.82, 2.24) is 23.9 Å². The molecular formula is C50H31N5S. The third kappa shape index (κ3) is 4.60. The number of nitrogens with zero attached hydrogens (tertiary/aromatic N) is 5. The molecule has 0 spiro atoms. The van der Waals surface area contributed by atoms with Gasteiger partial charge in [0.05, 0.1) is 27.8 Å². The van der Waals surface area contributed by atoms with Gasteiger partial charge in [0.15, 0.2) is 11.6 Å². The Morgan fingerprint density at radius 3 is 1.79 bits per heavy atom. The fraction of sp³-hybridized carbons (Fsp3) is 0. The van der Waals surface area contributed by atoms with Crippen LogP contribution in [0.3, 0.4) is 0 Å². The van der Waals surface area contributed by atoms with Crippen LogP contribution in [0, 0.1) is 0 Å². The highest BCUT2D eigenvalue weighted by atomic mass is 32.1. The van der Waals surface area contributed by atoms with Gasteiger partial charge in [0.25, 0.3) is 0 Å². The van der Waals surface area contributed by atoms with Gasteiger partial charge < -0.3 is 9.13 Å². The first-order valence-electron chi connectivity index (χ1n) is 18.8. The van der Waals surface area contributed by atoms with E-state index in [1.807, 2.05) is 52.4 Å². The van der Waals surface area contributed by atoms with Gasteiger partial charge in [-0.15, -0.1) is 16.4 Å². The van der Waals surface area contributed by atoms with Crippen LogP contribution >= 0.6 is 11.3 Å². The molecule has 8 aromatic carbocycles. The van der Waals surface area contributed by atoms with E-state index in [9.17, 15) is 0 Å². The first-order chi connectivity index (χ1) is 27.8. The molecule has 0 amide bonds. The van der Waals surface area contributed by atoms with Crippen molar-refractivity contribution in [3.05, 3.63) is 188 Å². The number of thiophene rings is 1. The maximum absolute atomic E-state index is 5.10. The van der Waals surface area contributed by atoms with Crippen LogP contribution in [-0.4, -0.2) is 23.9 Å². The summed E-state index contributed by atoms with van der Waals surface area (Å²) in [6.07, 6.45) is 0. The van der Waals surface area contributed by atoms with Gasteiger partial charge in [-0.25, -0.2) is 9.67 Å². The largest absolute Gasteiger partial charge is 0.309 e. The summed E-state index contributed by atoms with van der Waals surface area (Å²) in [7, 11) is 0. The number of fused-ring (bicyclic) bond motifs is 10. The number of para-hydroxylation sites is 2. The van der Waals surface area contributed by atoms with Crippen molar-refractivity contribution >= 4 is 75.1 Å². The molecule has 0 bridgehead atoms. The first kappa shape index (κ1) is 31.1. The SMILES string of the molecule is c1ccc(-c2nc(-c3ccccc3)n(-c3ccc4c(c3)c3ccccc3n4-c3cccc(-n4c5ccccc5c5c6sc7ccccc7c6ccc54)c3)n2)cc1. The van der Waals surface area contributed by atoms with E-state index in [0.29, 0.717) is 5.82 Å². The average molecular weight is 734 g/mol. The number of rotatable bonds is 5. The molecule has 5 nitrogen and oxygen atoms in total. The molecule has 12 aromatic rings. The Balaban J connectivity index is 1.05. The van der Waals surface area contributed by atoms with Gasteiger partial charge in [0, 0.05) is 64.2 Å². The lowest BCUT2D eigenvalue weighted by atomic mass is 10.1. The lowest BCUT2D eigenvalue weighted by Gasteiger charge is -2.13. The fourth-order valence-electron chi connectivity index (χ4n) is 8.63. The standard InChI is InChI=1S/C50H31N5S/c1-3-14-32(15-4-1)49-51-50(33-16-5-2-6-17-33)55(52-49)36-26-28-44-41(31-36)37-20-7-10-23-42(37)53(44)34-18-13-19-35(30-34)54-43-24-11-8-22-40(43)47-45(54)29-27-39-38-21-9-12-25-46(38)56-48(39)47/h1-31H. The third-order valence-corrected chi connectivity index (χ3v) is 12.3. The van der Waals surface area contributed by atoms with Gasteiger partial charge >= 0.3 is 0 Å². The van der Waals surface area contributed by atoms with Crippen LogP contribution in [0.15, 0.2) is 188 Å². The van der Waals surface area contributed by atoms with Crippen LogP contribution in [0.2, 0.25) is 0 Å². The quantitative estimate of drug-likeness (QED) is 0.177. The highest BCUT2D eigenvalue weighted by molar-refractivity contribution is 7.26. The summed E-state index contributed by atoms with van der Waals surface area (Å²) in [5.74, 6) is 1.50. The molecule has 0 atom stereocenters. The molecule has 0 unspecified atom stereocenters. The van der Waals surface area contributed by atoms with E-state index in [0.717, 1.165) is 50.4 Å². The summed E-state index contributed by atoms with van der Waals surface area (Å²) in [4.78, 5) is 5.07. The zero-order chi connectivity index (χ0) is 36.7. The molecule has 4 aromatic heterocycles. The van der Waals surface area contributed by atoms with E-state index < -0.39 is 0 Å². The van der Waals surface area contributed by atoms with Crippen molar-refractivity contribution in [3.8, 4) is 39.8 Å². The topological polar surface area (TPSA) is 40.6 Å². The molecule has 0 saturated carbocycles. The molecular weight excluding hydrogens is 703 g/mol. The average Bonchev–Trinajstić information content (AvgIpc) is 4.04. The maximum Gasteiger partial charge on any atom is 0.182 e. The van der Waals surface area contributed by atoms with Crippen molar-refractivity contribution in [2.75, 3.05) is 0 Å². The molecule has 0 aliphatic carbocycles. The van der Waals surface area contributed by atoms with Crippen LogP contribution in [-0.2, 0) is 0 Å². The van der Waals surface area contributed by atoms with Crippen molar-refractivity contribution < 1.29 is 0 Å². The fourth-order valence-corrected chi connectivity index (χ4v) is 9.89. The maximum atomic E-state index is 5.10. The van der Waals surface area contributed by atoms with Gasteiger partial charge in [-0.2, -0.15) is 0 Å². The number of hydrogen-bond acceptors (Lipinski definition) is 3. The summed E-state index contributed by atoms with van der Waals surface area (Å²) in [6, 6.07) is 67.0. The number of aromatic nitrogens is 5. The number of hydrogen-bond donors (Lipinski definition) is 0. The predicted octanol–water partition coefficient (Wildman–Crippen LogP) is 13.2. The Morgan fingerprint density at radius 2 is 1.00 bits per heavy atom. The smallest absolute Gasteiger partial charge is 0.182 e. The zero-order valence-corrected chi connectivity index (χ0v) is 30.9. The summed E-state index contributed by atoms with van der Waals surface area (Å²) >= 11 is 1.89. The van der Waals surface area contributed by atoms with Crippen LogP contribution in [0.4, 0.5) is 0 Å². The minimum atomic E-state index is 0.696. The molecule has 0 radical (unpaired) electrons. The van der Waals surface area contributed by atoms with E-state index in [2.05, 4.69) is 161 Å². The molecule has 0 fully saturated rings. The van der Waals surface area contributed by atoms with Crippen molar-refractivity contribution in [1.29, 1.82) is 0 Å². The van der Waals surface area contributed by atoms with Gasteiger partial charge in [-0.05, 0) is 60.7 Å². The Morgan fingerprint density at radius 1 is 0.393 bits per heavy atom. The molecule has 6 heteroatoms. The molecule has 0 N–H and O–H groups in total. The Kier molecular flexibility index (Phi) is 6.73. The third-order valence-electron chi connectivity index (χ3n) is 11.1. The Hall–Kier alpha value is -7.28. The summed E-state index contributed by atoms with van der Waals surface area (Å²) in [5.41, 5.74) is 9.88. The second kappa shape index (κ2) is 12.1. The van der Waals surface area contributed by atoms with E-state index in [-0.39, 0.29) is 0 Å². The highest BCUT2D eigenvalue weighted by Crippen LogP contribution is 2.43. The van der Waals surface area contributed by atoms with Gasteiger partial charge in [-0.3, -0.25) is 0 Å². The monoisotopic (exact) mass is 733 g/mol. The summed E-state index contributed by atoms with van der Waals surface area (Å²) in [5, 5.41) is 12.7. The second-order valence-electron chi connectivity index (χ2n) is 14.3. The Labute approximate surface area is 325 Å². The number of benzene rings is 8. The minimum absolute atomic E-state index is 0.696. The second-order valence-corrected chi connectivity index (χ2v) is 15.3. The van der Waals surface area contributed by atoms with Gasteiger partial charge in [0.1, 0.15) is 0 Å². The minimum Gasteiger partial charge on any atom is -0.309 e. The summed E-state index contributed by atoms with van der Waals surface area (Å²) in [6.45, 7) is 0. The van der Waals surface area contributed by atoms with E-state index in [1.54, 1.807) is 0 Å². The van der Waals surface area contributed by atoms with E-state index in [4.69, 9.17) is 10.1 Å². The van der Waals surface area contributed by atoms with Gasteiger partial charge in [-0.1, -0.05) is 127 Å². The van der Waals surface area contributed by atoms with E-state index in [1.165, 1.54) is 47.4 Å². The predicted molar refractivity (Wildman–Crippen MR) is 234 cm³/mol. The lowest BCUT2D eigenvalue weighted by molar-refractivity contribution is 0.892. The van der Waals surface area contributed by atoms with Crippen molar-refractivity contribution in [2.24, 2.45) is 0 Å². The van der Waals surface area contributed by atoms with Gasteiger partial charge in [0.2, 0.25) is 0 Å². The molecule has 0 aliphatic rings. The molecule has 12 rings (SSSR count). The van der Waals surface area contributed by atoms with Crippen LogP contribution in [0.25, 0.3) is 104 Å². The van der Waals surface area contributed by atoms with Crippen LogP contribution < -0.4 is 0 Å². The Bertz CT molecular complexity index is 3480. The molecule has 56 heavy (non-hydrogen) atoms.